The topological polar surface area (TPSA) is 60.2 Å². The first-order valence-electron chi connectivity index (χ1n) is 5.88. The van der Waals surface area contributed by atoms with Crippen LogP contribution in [-0.2, 0) is 11.3 Å². The standard InChI is InChI=1S/C11H19N3O2/c1-8-10(14-16-13-8)7-15-11-6-4-3-5-9(11)12-2/h9,11-12H,3-7H2,1-2H3. The smallest absolute Gasteiger partial charge is 0.133 e. The van der Waals surface area contributed by atoms with Gasteiger partial charge in [-0.3, -0.25) is 0 Å². The van der Waals surface area contributed by atoms with Gasteiger partial charge in [-0.15, -0.1) is 0 Å². The zero-order valence-electron chi connectivity index (χ0n) is 9.90. The van der Waals surface area contributed by atoms with Gasteiger partial charge in [0.15, 0.2) is 0 Å². The van der Waals surface area contributed by atoms with Crippen LogP contribution >= 0.6 is 0 Å². The molecule has 2 unspecified atom stereocenters. The van der Waals surface area contributed by atoms with E-state index in [-0.39, 0.29) is 6.10 Å². The number of aryl methyl sites for hydroxylation is 1. The van der Waals surface area contributed by atoms with Gasteiger partial charge in [-0.25, -0.2) is 4.63 Å². The maximum absolute atomic E-state index is 5.89. The molecule has 0 bridgehead atoms. The summed E-state index contributed by atoms with van der Waals surface area (Å²) >= 11 is 0. The normalized spacial score (nSPS) is 25.9. The first-order chi connectivity index (χ1) is 7.81. The Morgan fingerprint density at radius 1 is 1.38 bits per heavy atom. The average Bonchev–Trinajstić information content (AvgIpc) is 2.72. The molecule has 1 fully saturated rings. The fourth-order valence-corrected chi connectivity index (χ4v) is 2.19. The van der Waals surface area contributed by atoms with E-state index in [1.54, 1.807) is 0 Å². The van der Waals surface area contributed by atoms with Crippen LogP contribution in [0.5, 0.6) is 0 Å². The van der Waals surface area contributed by atoms with Gasteiger partial charge >= 0.3 is 0 Å². The molecule has 0 spiro atoms. The Bertz CT molecular complexity index is 327. The summed E-state index contributed by atoms with van der Waals surface area (Å²) in [5.41, 5.74) is 1.62. The molecule has 1 N–H and O–H groups in total. The van der Waals surface area contributed by atoms with Gasteiger partial charge in [-0.1, -0.05) is 23.2 Å². The molecule has 2 atom stereocenters. The molecule has 0 radical (unpaired) electrons. The molecule has 90 valence electrons. The van der Waals surface area contributed by atoms with Crippen molar-refractivity contribution in [3.8, 4) is 0 Å². The molecule has 1 aliphatic carbocycles. The summed E-state index contributed by atoms with van der Waals surface area (Å²) < 4.78 is 10.5. The predicted octanol–water partition coefficient (Wildman–Crippen LogP) is 1.43. The summed E-state index contributed by atoms with van der Waals surface area (Å²) in [6.45, 7) is 2.38. The zero-order chi connectivity index (χ0) is 11.4. The van der Waals surface area contributed by atoms with E-state index >= 15 is 0 Å². The van der Waals surface area contributed by atoms with Crippen molar-refractivity contribution >= 4 is 0 Å². The minimum Gasteiger partial charge on any atom is -0.370 e. The van der Waals surface area contributed by atoms with E-state index in [0.717, 1.165) is 17.8 Å². The van der Waals surface area contributed by atoms with E-state index in [2.05, 4.69) is 20.3 Å². The molecule has 1 heterocycles. The number of nitrogens with zero attached hydrogens (tertiary/aromatic N) is 2. The monoisotopic (exact) mass is 225 g/mol. The van der Waals surface area contributed by atoms with Gasteiger partial charge in [0, 0.05) is 6.04 Å². The number of rotatable bonds is 4. The SMILES string of the molecule is CNC1CCCCC1OCc1nonc1C. The number of likely N-dealkylation sites (N-methyl/N-ethyl adjacent to an activating group) is 1. The van der Waals surface area contributed by atoms with Crippen LogP contribution in [0.2, 0.25) is 0 Å². The third kappa shape index (κ3) is 2.59. The molecule has 0 aliphatic heterocycles. The number of hydrogen-bond acceptors (Lipinski definition) is 5. The van der Waals surface area contributed by atoms with Crippen molar-refractivity contribution in [1.29, 1.82) is 0 Å². The second kappa shape index (κ2) is 5.41. The van der Waals surface area contributed by atoms with Crippen LogP contribution in [0.15, 0.2) is 4.63 Å². The molecule has 5 nitrogen and oxygen atoms in total. The van der Waals surface area contributed by atoms with Crippen molar-refractivity contribution in [2.75, 3.05) is 7.05 Å². The summed E-state index contributed by atoms with van der Waals surface area (Å²) in [5, 5.41) is 10.9. The lowest BCUT2D eigenvalue weighted by Gasteiger charge is -2.30. The molecule has 0 aromatic carbocycles. The van der Waals surface area contributed by atoms with Gasteiger partial charge < -0.3 is 10.1 Å². The molecule has 1 saturated carbocycles. The Kier molecular flexibility index (Phi) is 3.90. The number of hydrogen-bond donors (Lipinski definition) is 1. The molecule has 1 aromatic heterocycles. The highest BCUT2D eigenvalue weighted by atomic mass is 16.6. The Morgan fingerprint density at radius 3 is 2.88 bits per heavy atom. The van der Waals surface area contributed by atoms with Crippen LogP contribution in [0.3, 0.4) is 0 Å². The number of nitrogens with one attached hydrogen (secondary N) is 1. The molecule has 16 heavy (non-hydrogen) atoms. The Balaban J connectivity index is 1.86. The highest BCUT2D eigenvalue weighted by molar-refractivity contribution is 5.02. The minimum absolute atomic E-state index is 0.287. The van der Waals surface area contributed by atoms with Crippen molar-refractivity contribution in [1.82, 2.24) is 15.6 Å². The van der Waals surface area contributed by atoms with Gasteiger partial charge in [0.2, 0.25) is 0 Å². The van der Waals surface area contributed by atoms with Gasteiger partial charge in [-0.05, 0) is 26.8 Å². The lowest BCUT2D eigenvalue weighted by Crippen LogP contribution is -2.41. The molecule has 1 aliphatic rings. The van der Waals surface area contributed by atoms with Crippen LogP contribution in [0, 0.1) is 6.92 Å². The van der Waals surface area contributed by atoms with Crippen molar-refractivity contribution in [3.05, 3.63) is 11.4 Å². The molecule has 0 saturated heterocycles. The first-order valence-corrected chi connectivity index (χ1v) is 5.88. The number of aromatic nitrogens is 2. The van der Waals surface area contributed by atoms with Crippen molar-refractivity contribution in [2.45, 2.75) is 51.4 Å². The summed E-state index contributed by atoms with van der Waals surface area (Å²) in [5.74, 6) is 0. The van der Waals surface area contributed by atoms with E-state index < -0.39 is 0 Å². The van der Waals surface area contributed by atoms with Crippen molar-refractivity contribution in [3.63, 3.8) is 0 Å². The van der Waals surface area contributed by atoms with E-state index in [4.69, 9.17) is 4.74 Å². The van der Waals surface area contributed by atoms with Crippen molar-refractivity contribution in [2.24, 2.45) is 0 Å². The highest BCUT2D eigenvalue weighted by Gasteiger charge is 2.24. The van der Waals surface area contributed by atoms with Crippen molar-refractivity contribution < 1.29 is 9.37 Å². The molecule has 1 aromatic rings. The average molecular weight is 225 g/mol. The maximum atomic E-state index is 5.89. The molecular formula is C11H19N3O2. The minimum atomic E-state index is 0.287. The maximum Gasteiger partial charge on any atom is 0.133 e. The van der Waals surface area contributed by atoms with E-state index in [1.807, 2.05) is 14.0 Å². The van der Waals surface area contributed by atoms with Crippen LogP contribution in [-0.4, -0.2) is 29.5 Å². The molecular weight excluding hydrogens is 206 g/mol. The lowest BCUT2D eigenvalue weighted by molar-refractivity contribution is -0.00611. The van der Waals surface area contributed by atoms with Crippen LogP contribution in [0.1, 0.15) is 37.1 Å². The molecule has 5 heteroatoms. The van der Waals surface area contributed by atoms with Crippen LogP contribution in [0.4, 0.5) is 0 Å². The second-order valence-electron chi connectivity index (χ2n) is 4.33. The highest BCUT2D eigenvalue weighted by Crippen LogP contribution is 2.22. The first kappa shape index (κ1) is 11.5. The Labute approximate surface area is 95.5 Å². The summed E-state index contributed by atoms with van der Waals surface area (Å²) in [4.78, 5) is 0. The zero-order valence-corrected chi connectivity index (χ0v) is 9.90. The van der Waals surface area contributed by atoms with Gasteiger partial charge in [0.1, 0.15) is 11.4 Å². The molecule has 2 rings (SSSR count). The fraction of sp³-hybridized carbons (Fsp3) is 0.818. The second-order valence-corrected chi connectivity index (χ2v) is 4.33. The largest absolute Gasteiger partial charge is 0.370 e. The Morgan fingerprint density at radius 2 is 2.19 bits per heavy atom. The predicted molar refractivity (Wildman–Crippen MR) is 58.9 cm³/mol. The Hall–Kier alpha value is -0.940. The van der Waals surface area contributed by atoms with Crippen LogP contribution < -0.4 is 5.32 Å². The molecule has 0 amide bonds. The number of ether oxygens (including phenoxy) is 1. The van der Waals surface area contributed by atoms with Gasteiger partial charge in [0.25, 0.3) is 0 Å². The summed E-state index contributed by atoms with van der Waals surface area (Å²) in [7, 11) is 2.00. The summed E-state index contributed by atoms with van der Waals surface area (Å²) in [6.07, 6.45) is 5.14. The fourth-order valence-electron chi connectivity index (χ4n) is 2.19. The van der Waals surface area contributed by atoms with E-state index in [9.17, 15) is 0 Å². The quantitative estimate of drug-likeness (QED) is 0.839. The van der Waals surface area contributed by atoms with E-state index in [1.165, 1.54) is 19.3 Å². The van der Waals surface area contributed by atoms with Gasteiger partial charge in [-0.2, -0.15) is 0 Å². The third-order valence-corrected chi connectivity index (χ3v) is 3.25. The van der Waals surface area contributed by atoms with Crippen LogP contribution in [0.25, 0.3) is 0 Å². The van der Waals surface area contributed by atoms with Gasteiger partial charge in [0.05, 0.1) is 12.7 Å². The van der Waals surface area contributed by atoms with E-state index in [0.29, 0.717) is 12.6 Å². The third-order valence-electron chi connectivity index (χ3n) is 3.25. The summed E-state index contributed by atoms with van der Waals surface area (Å²) in [6, 6.07) is 0.467. The lowest BCUT2D eigenvalue weighted by atomic mass is 9.92.